The number of rotatable bonds is 3. The number of hydrogen-bond acceptors (Lipinski definition) is 4. The number of hydrogen-bond donors (Lipinski definition) is 1. The van der Waals surface area contributed by atoms with Crippen LogP contribution in [-0.2, 0) is 0 Å². The summed E-state index contributed by atoms with van der Waals surface area (Å²) in [5.74, 6) is 5.90. The highest BCUT2D eigenvalue weighted by atomic mass is 16.5. The van der Waals surface area contributed by atoms with Gasteiger partial charge in [0.15, 0.2) is 0 Å². The maximum atomic E-state index is 4.83. The van der Waals surface area contributed by atoms with Gasteiger partial charge in [-0.25, -0.2) is 9.97 Å². The van der Waals surface area contributed by atoms with E-state index in [9.17, 15) is 0 Å². The Hall–Kier alpha value is -1.60. The van der Waals surface area contributed by atoms with Gasteiger partial charge >= 0.3 is 6.01 Å². The summed E-state index contributed by atoms with van der Waals surface area (Å²) < 4.78 is 4.83. The third-order valence-corrected chi connectivity index (χ3v) is 1.51. The molecular formula is C10H13N3O. The van der Waals surface area contributed by atoms with E-state index in [1.807, 2.05) is 6.92 Å². The number of ether oxygens (including phenoxy) is 1. The lowest BCUT2D eigenvalue weighted by atomic mass is 10.3. The van der Waals surface area contributed by atoms with Crippen molar-refractivity contribution in [3.63, 3.8) is 0 Å². The monoisotopic (exact) mass is 191 g/mol. The van der Waals surface area contributed by atoms with Crippen molar-refractivity contribution in [1.29, 1.82) is 0 Å². The first-order valence-electron chi connectivity index (χ1n) is 4.42. The van der Waals surface area contributed by atoms with Crippen LogP contribution in [0.25, 0.3) is 0 Å². The second kappa shape index (κ2) is 5.95. The molecule has 0 aliphatic carbocycles. The van der Waals surface area contributed by atoms with Crippen LogP contribution in [0.1, 0.15) is 12.5 Å². The SMILES string of the molecule is CCNCC#Cc1cnc(OC)nc1. The van der Waals surface area contributed by atoms with Gasteiger partial charge in [0.1, 0.15) is 0 Å². The minimum atomic E-state index is 0.363. The van der Waals surface area contributed by atoms with E-state index in [4.69, 9.17) is 4.74 Å². The Morgan fingerprint density at radius 2 is 2.14 bits per heavy atom. The fraction of sp³-hybridized carbons (Fsp3) is 0.400. The summed E-state index contributed by atoms with van der Waals surface area (Å²) in [5.41, 5.74) is 0.795. The number of methoxy groups -OCH3 is 1. The Morgan fingerprint density at radius 1 is 1.43 bits per heavy atom. The zero-order valence-corrected chi connectivity index (χ0v) is 8.37. The van der Waals surface area contributed by atoms with Gasteiger partial charge in [-0.15, -0.1) is 0 Å². The fourth-order valence-electron chi connectivity index (χ4n) is 0.820. The maximum absolute atomic E-state index is 4.83. The summed E-state index contributed by atoms with van der Waals surface area (Å²) in [6, 6.07) is 0.363. The summed E-state index contributed by atoms with van der Waals surface area (Å²) in [7, 11) is 1.53. The zero-order chi connectivity index (χ0) is 10.2. The Bertz CT molecular complexity index is 323. The predicted molar refractivity (Wildman–Crippen MR) is 54.0 cm³/mol. The normalized spacial score (nSPS) is 9.00. The van der Waals surface area contributed by atoms with Crippen LogP contribution < -0.4 is 10.1 Å². The third-order valence-electron chi connectivity index (χ3n) is 1.51. The average Bonchev–Trinajstić information content (AvgIpc) is 2.25. The summed E-state index contributed by atoms with van der Waals surface area (Å²) >= 11 is 0. The highest BCUT2D eigenvalue weighted by Gasteiger charge is 1.92. The second-order valence-electron chi connectivity index (χ2n) is 2.54. The van der Waals surface area contributed by atoms with Crippen LogP contribution in [0.15, 0.2) is 12.4 Å². The molecule has 74 valence electrons. The Kier molecular flexibility index (Phi) is 4.45. The lowest BCUT2D eigenvalue weighted by Crippen LogP contribution is -2.11. The van der Waals surface area contributed by atoms with Crippen molar-refractivity contribution >= 4 is 0 Å². The van der Waals surface area contributed by atoms with Crippen molar-refractivity contribution in [3.05, 3.63) is 18.0 Å². The molecule has 0 radical (unpaired) electrons. The Balaban J connectivity index is 2.53. The summed E-state index contributed by atoms with van der Waals surface area (Å²) in [4.78, 5) is 7.88. The van der Waals surface area contributed by atoms with E-state index in [-0.39, 0.29) is 0 Å². The molecule has 1 rings (SSSR count). The van der Waals surface area contributed by atoms with E-state index in [1.165, 1.54) is 7.11 Å². The van der Waals surface area contributed by atoms with Crippen LogP contribution >= 0.6 is 0 Å². The van der Waals surface area contributed by atoms with Gasteiger partial charge in [-0.2, -0.15) is 0 Å². The van der Waals surface area contributed by atoms with E-state index in [1.54, 1.807) is 12.4 Å². The first-order chi connectivity index (χ1) is 6.86. The number of nitrogens with one attached hydrogen (secondary N) is 1. The van der Waals surface area contributed by atoms with Crippen LogP contribution in [0.2, 0.25) is 0 Å². The van der Waals surface area contributed by atoms with Gasteiger partial charge in [0.05, 0.1) is 19.2 Å². The molecular weight excluding hydrogens is 178 g/mol. The minimum Gasteiger partial charge on any atom is -0.467 e. The average molecular weight is 191 g/mol. The van der Waals surface area contributed by atoms with Crippen molar-refractivity contribution in [2.24, 2.45) is 0 Å². The molecule has 1 aromatic rings. The van der Waals surface area contributed by atoms with E-state index >= 15 is 0 Å². The predicted octanol–water partition coefficient (Wildman–Crippen LogP) is 0.446. The lowest BCUT2D eigenvalue weighted by molar-refractivity contribution is 0.379. The van der Waals surface area contributed by atoms with Crippen molar-refractivity contribution in [3.8, 4) is 17.9 Å². The molecule has 4 nitrogen and oxygen atoms in total. The number of nitrogens with zero attached hydrogens (tertiary/aromatic N) is 2. The van der Waals surface area contributed by atoms with E-state index < -0.39 is 0 Å². The minimum absolute atomic E-state index is 0.363. The molecule has 0 saturated heterocycles. The van der Waals surface area contributed by atoms with Crippen molar-refractivity contribution < 1.29 is 4.74 Å². The molecule has 1 aromatic heterocycles. The molecule has 0 unspecified atom stereocenters. The van der Waals surface area contributed by atoms with E-state index in [2.05, 4.69) is 27.1 Å². The third kappa shape index (κ3) is 3.42. The standard InChI is InChI=1S/C10H13N3O/c1-3-11-6-4-5-9-7-12-10(14-2)13-8-9/h7-8,11H,3,6H2,1-2H3. The molecule has 1 heterocycles. The second-order valence-corrected chi connectivity index (χ2v) is 2.54. The maximum Gasteiger partial charge on any atom is 0.316 e. The summed E-state index contributed by atoms with van der Waals surface area (Å²) in [6.07, 6.45) is 3.29. The van der Waals surface area contributed by atoms with Crippen LogP contribution in [0, 0.1) is 11.8 Å². The van der Waals surface area contributed by atoms with Crippen molar-refractivity contribution in [1.82, 2.24) is 15.3 Å². The van der Waals surface area contributed by atoms with Crippen LogP contribution in [0.5, 0.6) is 6.01 Å². The van der Waals surface area contributed by atoms with Crippen LogP contribution in [-0.4, -0.2) is 30.2 Å². The molecule has 0 aliphatic heterocycles. The van der Waals surface area contributed by atoms with Crippen molar-refractivity contribution in [2.45, 2.75) is 6.92 Å². The molecule has 0 fully saturated rings. The first kappa shape index (κ1) is 10.5. The molecule has 0 saturated carbocycles. The fourth-order valence-corrected chi connectivity index (χ4v) is 0.820. The molecule has 4 heteroatoms. The highest BCUT2D eigenvalue weighted by molar-refractivity contribution is 5.30. The molecule has 1 N–H and O–H groups in total. The lowest BCUT2D eigenvalue weighted by Gasteiger charge is -1.94. The smallest absolute Gasteiger partial charge is 0.316 e. The van der Waals surface area contributed by atoms with Gasteiger partial charge in [0, 0.05) is 12.4 Å². The Morgan fingerprint density at radius 3 is 2.71 bits per heavy atom. The largest absolute Gasteiger partial charge is 0.467 e. The summed E-state index contributed by atoms with van der Waals surface area (Å²) in [5, 5.41) is 3.10. The molecule has 0 aromatic carbocycles. The number of aromatic nitrogens is 2. The van der Waals surface area contributed by atoms with Crippen LogP contribution in [0.3, 0.4) is 0 Å². The summed E-state index contributed by atoms with van der Waals surface area (Å²) in [6.45, 7) is 3.65. The van der Waals surface area contributed by atoms with Gasteiger partial charge < -0.3 is 10.1 Å². The van der Waals surface area contributed by atoms with E-state index in [0.29, 0.717) is 12.6 Å². The Labute approximate surface area is 83.7 Å². The van der Waals surface area contributed by atoms with Gasteiger partial charge in [-0.3, -0.25) is 0 Å². The van der Waals surface area contributed by atoms with Gasteiger partial charge in [-0.05, 0) is 6.54 Å². The molecule has 0 bridgehead atoms. The van der Waals surface area contributed by atoms with Crippen LogP contribution in [0.4, 0.5) is 0 Å². The highest BCUT2D eigenvalue weighted by Crippen LogP contribution is 1.99. The molecule has 0 amide bonds. The van der Waals surface area contributed by atoms with E-state index in [0.717, 1.165) is 12.1 Å². The van der Waals surface area contributed by atoms with Crippen molar-refractivity contribution in [2.75, 3.05) is 20.2 Å². The zero-order valence-electron chi connectivity index (χ0n) is 8.37. The molecule has 14 heavy (non-hydrogen) atoms. The van der Waals surface area contributed by atoms with Gasteiger partial charge in [-0.1, -0.05) is 18.8 Å². The van der Waals surface area contributed by atoms with Gasteiger partial charge in [0.2, 0.25) is 0 Å². The van der Waals surface area contributed by atoms with Gasteiger partial charge in [0.25, 0.3) is 0 Å². The molecule has 0 aliphatic rings. The quantitative estimate of drug-likeness (QED) is 0.556. The first-order valence-corrected chi connectivity index (χ1v) is 4.42. The molecule has 0 spiro atoms. The topological polar surface area (TPSA) is 47.0 Å². The molecule has 0 atom stereocenters.